The summed E-state index contributed by atoms with van der Waals surface area (Å²) in [4.78, 5) is 10.2. The van der Waals surface area contributed by atoms with Gasteiger partial charge in [-0.2, -0.15) is 0 Å². The Kier molecular flexibility index (Phi) is 7.44. The van der Waals surface area contributed by atoms with E-state index in [-0.39, 0.29) is 5.92 Å². The molecule has 0 saturated carbocycles. The molecule has 7 heteroatoms. The zero-order valence-corrected chi connectivity index (χ0v) is 33.2. The van der Waals surface area contributed by atoms with Gasteiger partial charge in [0.1, 0.15) is 0 Å². The molecule has 60 heavy (non-hydrogen) atoms. The number of aryl methyl sites for hydroxylation is 2. The number of hydrogen-bond donors (Lipinski definition) is 0. The first-order valence-electron chi connectivity index (χ1n) is 20.4. The van der Waals surface area contributed by atoms with E-state index < -0.39 is 0 Å². The van der Waals surface area contributed by atoms with Crippen LogP contribution in [0.2, 0.25) is 0 Å². The standard InChI is InChI=1S/C53H39N7/c1-4-36(24-28-45-35(3)56-48-21-13-11-19-43(48)54-52(56)58(45)38-15-7-5-8-16-38)37-25-29-47-42(32-37)41-31-34(2)23-27-46(41)57(47)40-26-30-50-51(33-40)60-49-22-14-12-20-44(49)55-53(60)59(50)39-17-9-6-10-18-39/h4-33,36H,1H2,2-3H3. The van der Waals surface area contributed by atoms with Crippen LogP contribution in [0.15, 0.2) is 183 Å². The van der Waals surface area contributed by atoms with Crippen molar-refractivity contribution in [2.45, 2.75) is 19.8 Å². The molecule has 0 aliphatic heterocycles. The van der Waals surface area contributed by atoms with Gasteiger partial charge >= 0.3 is 0 Å². The van der Waals surface area contributed by atoms with E-state index in [4.69, 9.17) is 9.97 Å². The lowest BCUT2D eigenvalue weighted by Crippen LogP contribution is -1.98. The monoisotopic (exact) mass is 773 g/mol. The summed E-state index contributed by atoms with van der Waals surface area (Å²) in [6, 6.07) is 58.3. The molecular formula is C53H39N7. The predicted octanol–water partition coefficient (Wildman–Crippen LogP) is 12.7. The highest BCUT2D eigenvalue weighted by Gasteiger charge is 2.22. The molecule has 0 aliphatic rings. The summed E-state index contributed by atoms with van der Waals surface area (Å²) in [5.74, 6) is 1.77. The average Bonchev–Trinajstić information content (AvgIpc) is 4.07. The van der Waals surface area contributed by atoms with Gasteiger partial charge in [-0.25, -0.2) is 9.97 Å². The molecule has 0 spiro atoms. The third kappa shape index (κ3) is 4.96. The fourth-order valence-electron chi connectivity index (χ4n) is 9.42. The molecule has 0 saturated heterocycles. The highest BCUT2D eigenvalue weighted by Crippen LogP contribution is 2.38. The van der Waals surface area contributed by atoms with Gasteiger partial charge in [0.2, 0.25) is 11.6 Å². The topological polar surface area (TPSA) is 49.4 Å². The number of hydrogen-bond acceptors (Lipinski definition) is 2. The van der Waals surface area contributed by atoms with Crippen molar-refractivity contribution in [2.75, 3.05) is 0 Å². The second-order valence-corrected chi connectivity index (χ2v) is 15.7. The van der Waals surface area contributed by atoms with Crippen LogP contribution in [0.4, 0.5) is 0 Å². The smallest absolute Gasteiger partial charge is 0.220 e. The molecule has 7 nitrogen and oxygen atoms in total. The molecule has 5 heterocycles. The minimum absolute atomic E-state index is 0.0305. The lowest BCUT2D eigenvalue weighted by Gasteiger charge is -2.12. The van der Waals surface area contributed by atoms with E-state index in [1.807, 2.05) is 12.1 Å². The Labute approximate surface area is 345 Å². The minimum Gasteiger partial charge on any atom is -0.309 e. The number of nitrogens with zero attached hydrogens (tertiary/aromatic N) is 7. The highest BCUT2D eigenvalue weighted by molar-refractivity contribution is 6.10. The van der Waals surface area contributed by atoms with Gasteiger partial charge in [-0.15, -0.1) is 6.58 Å². The maximum Gasteiger partial charge on any atom is 0.220 e. The van der Waals surface area contributed by atoms with Gasteiger partial charge in [-0.1, -0.05) is 90.5 Å². The Bertz CT molecular complexity index is 3700. The van der Waals surface area contributed by atoms with E-state index in [1.165, 1.54) is 27.4 Å². The van der Waals surface area contributed by atoms with E-state index in [9.17, 15) is 0 Å². The zero-order valence-electron chi connectivity index (χ0n) is 33.2. The summed E-state index contributed by atoms with van der Waals surface area (Å²) in [6.45, 7) is 8.69. The molecular weight excluding hydrogens is 735 g/mol. The molecule has 0 fully saturated rings. The zero-order chi connectivity index (χ0) is 40.1. The summed E-state index contributed by atoms with van der Waals surface area (Å²) in [5, 5.41) is 2.43. The molecule has 0 aliphatic carbocycles. The third-order valence-electron chi connectivity index (χ3n) is 12.2. The Morgan fingerprint density at radius 3 is 1.77 bits per heavy atom. The van der Waals surface area contributed by atoms with Crippen molar-refractivity contribution >= 4 is 72.5 Å². The highest BCUT2D eigenvalue weighted by atomic mass is 15.2. The molecule has 286 valence electrons. The van der Waals surface area contributed by atoms with Crippen LogP contribution in [0.5, 0.6) is 0 Å². The van der Waals surface area contributed by atoms with Crippen LogP contribution in [0, 0.1) is 13.8 Å². The molecule has 0 radical (unpaired) electrons. The molecule has 7 aromatic carbocycles. The first-order valence-corrected chi connectivity index (χ1v) is 20.4. The largest absolute Gasteiger partial charge is 0.309 e. The molecule has 0 amide bonds. The van der Waals surface area contributed by atoms with Crippen LogP contribution in [0.1, 0.15) is 28.4 Å². The second kappa shape index (κ2) is 13.1. The molecule has 0 bridgehead atoms. The molecule has 1 unspecified atom stereocenters. The number of benzene rings is 7. The molecule has 12 rings (SSSR count). The van der Waals surface area contributed by atoms with Gasteiger partial charge in [0.25, 0.3) is 0 Å². The van der Waals surface area contributed by atoms with Crippen molar-refractivity contribution in [1.29, 1.82) is 0 Å². The van der Waals surface area contributed by atoms with Crippen LogP contribution in [-0.4, -0.2) is 32.5 Å². The van der Waals surface area contributed by atoms with E-state index in [2.05, 4.69) is 213 Å². The lowest BCUT2D eigenvalue weighted by atomic mass is 9.96. The van der Waals surface area contributed by atoms with E-state index >= 15 is 0 Å². The van der Waals surface area contributed by atoms with Gasteiger partial charge in [-0.05, 0) is 116 Å². The van der Waals surface area contributed by atoms with Crippen molar-refractivity contribution in [3.05, 3.63) is 205 Å². The average molecular weight is 774 g/mol. The van der Waals surface area contributed by atoms with Crippen molar-refractivity contribution in [3.8, 4) is 17.1 Å². The quantitative estimate of drug-likeness (QED) is 0.151. The lowest BCUT2D eigenvalue weighted by molar-refractivity contribution is 1.06. The second-order valence-electron chi connectivity index (χ2n) is 15.7. The fraction of sp³-hybridized carbons (Fsp3) is 0.0566. The third-order valence-corrected chi connectivity index (χ3v) is 12.2. The van der Waals surface area contributed by atoms with Crippen molar-refractivity contribution in [1.82, 2.24) is 32.5 Å². The van der Waals surface area contributed by atoms with Gasteiger partial charge in [-0.3, -0.25) is 17.9 Å². The molecule has 0 N–H and O–H groups in total. The normalized spacial score (nSPS) is 12.8. The van der Waals surface area contributed by atoms with E-state index in [0.717, 1.165) is 78.6 Å². The van der Waals surface area contributed by atoms with Gasteiger partial charge in [0.15, 0.2) is 0 Å². The van der Waals surface area contributed by atoms with E-state index in [1.54, 1.807) is 0 Å². The Hall–Kier alpha value is -7.90. The summed E-state index contributed by atoms with van der Waals surface area (Å²) in [7, 11) is 0. The maximum atomic E-state index is 5.14. The summed E-state index contributed by atoms with van der Waals surface area (Å²) >= 11 is 0. The number of rotatable bonds is 7. The number of fused-ring (bicyclic) bond motifs is 11. The SMILES string of the molecule is C=CC(C=Cc1c(C)n2c3ccccc3nc2n1-c1ccccc1)c1ccc2c(c1)c1cc(C)ccc1n2-c1ccc2c(c1)n1c3ccccc3nc1n2-c1ccccc1. The van der Waals surface area contributed by atoms with E-state index in [0.29, 0.717) is 0 Å². The maximum absolute atomic E-state index is 5.14. The first-order chi connectivity index (χ1) is 29.6. The Balaban J connectivity index is 1.02. The van der Waals surface area contributed by atoms with Gasteiger partial charge < -0.3 is 4.57 Å². The van der Waals surface area contributed by atoms with Crippen molar-refractivity contribution in [2.24, 2.45) is 0 Å². The molecule has 5 aromatic heterocycles. The van der Waals surface area contributed by atoms with Crippen LogP contribution >= 0.6 is 0 Å². The number of aromatic nitrogens is 7. The predicted molar refractivity (Wildman–Crippen MR) is 247 cm³/mol. The summed E-state index contributed by atoms with van der Waals surface area (Å²) < 4.78 is 11.5. The van der Waals surface area contributed by atoms with Gasteiger partial charge in [0, 0.05) is 39.4 Å². The van der Waals surface area contributed by atoms with Crippen molar-refractivity contribution < 1.29 is 0 Å². The summed E-state index contributed by atoms with van der Waals surface area (Å²) in [5.41, 5.74) is 16.5. The Morgan fingerprint density at radius 2 is 1.07 bits per heavy atom. The molecule has 1 atom stereocenters. The Morgan fingerprint density at radius 1 is 0.483 bits per heavy atom. The minimum atomic E-state index is -0.0305. The van der Waals surface area contributed by atoms with Crippen LogP contribution in [-0.2, 0) is 0 Å². The number of para-hydroxylation sites is 6. The van der Waals surface area contributed by atoms with Crippen molar-refractivity contribution in [3.63, 3.8) is 0 Å². The van der Waals surface area contributed by atoms with Crippen LogP contribution < -0.4 is 0 Å². The van der Waals surface area contributed by atoms with Crippen LogP contribution in [0.25, 0.3) is 89.6 Å². The van der Waals surface area contributed by atoms with Gasteiger partial charge in [0.05, 0.1) is 49.8 Å². The van der Waals surface area contributed by atoms with Crippen LogP contribution in [0.3, 0.4) is 0 Å². The first kappa shape index (κ1) is 34.2. The molecule has 12 aromatic rings. The number of imidazole rings is 4. The fourth-order valence-corrected chi connectivity index (χ4v) is 9.42. The number of allylic oxidation sites excluding steroid dienone is 2. The summed E-state index contributed by atoms with van der Waals surface area (Å²) in [6.07, 6.45) is 6.56.